The van der Waals surface area contributed by atoms with Gasteiger partial charge in [-0.05, 0) is 24.8 Å². The summed E-state index contributed by atoms with van der Waals surface area (Å²) in [6, 6.07) is 9.75. The van der Waals surface area contributed by atoms with Crippen molar-refractivity contribution in [3.63, 3.8) is 0 Å². The smallest absolute Gasteiger partial charge is 0.307 e. The van der Waals surface area contributed by atoms with Crippen LogP contribution in [0.2, 0.25) is 0 Å². The number of hydrogen-bond acceptors (Lipinski definition) is 2. The Kier molecular flexibility index (Phi) is 5.20. The normalized spacial score (nSPS) is 12.0. The molecule has 0 aliphatic heterocycles. The topological polar surface area (TPSA) is 74.6 Å². The van der Waals surface area contributed by atoms with Crippen molar-refractivity contribution in [2.45, 2.75) is 25.7 Å². The molecule has 0 aliphatic carbocycles. The van der Waals surface area contributed by atoms with Crippen LogP contribution in [0.25, 0.3) is 0 Å². The molecule has 0 bridgehead atoms. The Morgan fingerprint density at radius 3 is 2.29 bits per heavy atom. The summed E-state index contributed by atoms with van der Waals surface area (Å²) in [4.78, 5) is 21.3. The maximum absolute atomic E-state index is 10.8. The van der Waals surface area contributed by atoms with Gasteiger partial charge in [-0.3, -0.25) is 9.59 Å². The minimum absolute atomic E-state index is 0.301. The van der Waals surface area contributed by atoms with Gasteiger partial charge in [-0.1, -0.05) is 30.3 Å². The third-order valence-corrected chi connectivity index (χ3v) is 2.63. The van der Waals surface area contributed by atoms with E-state index in [-0.39, 0.29) is 6.42 Å². The van der Waals surface area contributed by atoms with E-state index in [2.05, 4.69) is 0 Å². The standard InChI is InChI=1S/C13H16O4/c14-12(15)9-11(13(16)17)8-4-7-10-5-2-1-3-6-10/h1-3,5-6,11H,4,7-9H2,(H,14,15)(H,16,17). The summed E-state index contributed by atoms with van der Waals surface area (Å²) in [6.07, 6.45) is 1.57. The van der Waals surface area contributed by atoms with Gasteiger partial charge in [0, 0.05) is 0 Å². The summed E-state index contributed by atoms with van der Waals surface area (Å²) < 4.78 is 0. The molecule has 1 atom stereocenters. The maximum Gasteiger partial charge on any atom is 0.307 e. The van der Waals surface area contributed by atoms with E-state index in [0.29, 0.717) is 12.8 Å². The highest BCUT2D eigenvalue weighted by atomic mass is 16.4. The Morgan fingerprint density at radius 1 is 1.12 bits per heavy atom. The van der Waals surface area contributed by atoms with Crippen LogP contribution in [0.3, 0.4) is 0 Å². The number of carboxylic acids is 2. The molecule has 0 saturated heterocycles. The van der Waals surface area contributed by atoms with Crippen LogP contribution in [0.4, 0.5) is 0 Å². The van der Waals surface area contributed by atoms with Crippen LogP contribution in [0.15, 0.2) is 30.3 Å². The molecule has 17 heavy (non-hydrogen) atoms. The van der Waals surface area contributed by atoms with Gasteiger partial charge in [0.2, 0.25) is 0 Å². The van der Waals surface area contributed by atoms with Crippen molar-refractivity contribution in [3.05, 3.63) is 35.9 Å². The second-order valence-electron chi connectivity index (χ2n) is 4.01. The van der Waals surface area contributed by atoms with Crippen molar-refractivity contribution in [1.82, 2.24) is 0 Å². The molecule has 2 N–H and O–H groups in total. The molecule has 0 aromatic heterocycles. The largest absolute Gasteiger partial charge is 0.481 e. The Hall–Kier alpha value is -1.84. The molecule has 1 unspecified atom stereocenters. The second kappa shape index (κ2) is 6.68. The summed E-state index contributed by atoms with van der Waals surface area (Å²) in [5.74, 6) is -2.87. The number of aliphatic carboxylic acids is 2. The monoisotopic (exact) mass is 236 g/mol. The molecule has 4 heteroatoms. The zero-order valence-electron chi connectivity index (χ0n) is 9.50. The molecule has 0 heterocycles. The van der Waals surface area contributed by atoms with Crippen molar-refractivity contribution >= 4 is 11.9 Å². The van der Waals surface area contributed by atoms with Crippen LogP contribution >= 0.6 is 0 Å². The first kappa shape index (κ1) is 13.2. The van der Waals surface area contributed by atoms with E-state index in [0.717, 1.165) is 12.0 Å². The molecule has 4 nitrogen and oxygen atoms in total. The molecule has 0 aliphatic rings. The first-order valence-electron chi connectivity index (χ1n) is 5.58. The summed E-state index contributed by atoms with van der Waals surface area (Å²) in [5, 5.41) is 17.4. The van der Waals surface area contributed by atoms with Crippen LogP contribution in [0.5, 0.6) is 0 Å². The van der Waals surface area contributed by atoms with E-state index in [9.17, 15) is 9.59 Å². The molecule has 0 spiro atoms. The summed E-state index contributed by atoms with van der Waals surface area (Å²) >= 11 is 0. The summed E-state index contributed by atoms with van der Waals surface area (Å²) in [5.41, 5.74) is 1.15. The van der Waals surface area contributed by atoms with E-state index in [4.69, 9.17) is 10.2 Å². The van der Waals surface area contributed by atoms with E-state index < -0.39 is 17.9 Å². The van der Waals surface area contributed by atoms with Crippen LogP contribution in [0.1, 0.15) is 24.8 Å². The maximum atomic E-state index is 10.8. The Labute approximate surface area is 99.9 Å². The molecule has 1 rings (SSSR count). The highest BCUT2D eigenvalue weighted by Gasteiger charge is 2.20. The lowest BCUT2D eigenvalue weighted by atomic mass is 9.97. The average Bonchev–Trinajstić information content (AvgIpc) is 2.28. The van der Waals surface area contributed by atoms with Crippen LogP contribution in [-0.2, 0) is 16.0 Å². The fourth-order valence-electron chi connectivity index (χ4n) is 1.72. The zero-order chi connectivity index (χ0) is 12.7. The number of benzene rings is 1. The SMILES string of the molecule is O=C(O)CC(CCCc1ccccc1)C(=O)O. The first-order chi connectivity index (χ1) is 8.09. The van der Waals surface area contributed by atoms with Gasteiger partial charge < -0.3 is 10.2 Å². The minimum Gasteiger partial charge on any atom is -0.481 e. The third kappa shape index (κ3) is 5.15. The van der Waals surface area contributed by atoms with Crippen molar-refractivity contribution in [3.8, 4) is 0 Å². The number of rotatable bonds is 7. The van der Waals surface area contributed by atoms with E-state index in [1.165, 1.54) is 0 Å². The average molecular weight is 236 g/mol. The molecule has 1 aromatic rings. The highest BCUT2D eigenvalue weighted by Crippen LogP contribution is 2.14. The molecule has 0 radical (unpaired) electrons. The molecule has 92 valence electrons. The fraction of sp³-hybridized carbons (Fsp3) is 0.385. The number of carboxylic acid groups (broad SMARTS) is 2. The van der Waals surface area contributed by atoms with E-state index >= 15 is 0 Å². The lowest BCUT2D eigenvalue weighted by molar-refractivity contribution is -0.148. The molecule has 0 amide bonds. The van der Waals surface area contributed by atoms with Gasteiger partial charge in [-0.2, -0.15) is 0 Å². The van der Waals surface area contributed by atoms with Gasteiger partial charge in [-0.25, -0.2) is 0 Å². The fourth-order valence-corrected chi connectivity index (χ4v) is 1.72. The van der Waals surface area contributed by atoms with Gasteiger partial charge in [0.1, 0.15) is 0 Å². The third-order valence-electron chi connectivity index (χ3n) is 2.63. The van der Waals surface area contributed by atoms with Crippen molar-refractivity contribution in [1.29, 1.82) is 0 Å². The zero-order valence-corrected chi connectivity index (χ0v) is 9.50. The second-order valence-corrected chi connectivity index (χ2v) is 4.01. The lowest BCUT2D eigenvalue weighted by Gasteiger charge is -2.09. The summed E-state index contributed by atoms with van der Waals surface area (Å²) in [6.45, 7) is 0. The van der Waals surface area contributed by atoms with Gasteiger partial charge >= 0.3 is 11.9 Å². The number of aryl methyl sites for hydroxylation is 1. The van der Waals surface area contributed by atoms with Crippen molar-refractivity contribution < 1.29 is 19.8 Å². The van der Waals surface area contributed by atoms with Crippen molar-refractivity contribution in [2.75, 3.05) is 0 Å². The summed E-state index contributed by atoms with van der Waals surface area (Å²) in [7, 11) is 0. The molecule has 0 saturated carbocycles. The van der Waals surface area contributed by atoms with E-state index in [1.807, 2.05) is 30.3 Å². The molecular formula is C13H16O4. The van der Waals surface area contributed by atoms with Crippen molar-refractivity contribution in [2.24, 2.45) is 5.92 Å². The molecule has 1 aromatic carbocycles. The van der Waals surface area contributed by atoms with Gasteiger partial charge in [-0.15, -0.1) is 0 Å². The predicted molar refractivity (Wildman–Crippen MR) is 62.8 cm³/mol. The Bertz CT molecular complexity index is 372. The van der Waals surface area contributed by atoms with Gasteiger partial charge in [0.15, 0.2) is 0 Å². The lowest BCUT2D eigenvalue weighted by Crippen LogP contribution is -2.17. The predicted octanol–water partition coefficient (Wildman–Crippen LogP) is 2.18. The first-order valence-corrected chi connectivity index (χ1v) is 5.58. The molecular weight excluding hydrogens is 220 g/mol. The number of carbonyl (C=O) groups is 2. The highest BCUT2D eigenvalue weighted by molar-refractivity contribution is 5.77. The van der Waals surface area contributed by atoms with Crippen LogP contribution in [0, 0.1) is 5.92 Å². The van der Waals surface area contributed by atoms with E-state index in [1.54, 1.807) is 0 Å². The number of hydrogen-bond donors (Lipinski definition) is 2. The van der Waals surface area contributed by atoms with Crippen LogP contribution in [-0.4, -0.2) is 22.2 Å². The van der Waals surface area contributed by atoms with Gasteiger partial charge in [0.05, 0.1) is 12.3 Å². The van der Waals surface area contributed by atoms with Gasteiger partial charge in [0.25, 0.3) is 0 Å². The molecule has 0 fully saturated rings. The minimum atomic E-state index is -1.06. The quantitative estimate of drug-likeness (QED) is 0.761. The Balaban J connectivity index is 2.37. The Morgan fingerprint density at radius 2 is 1.76 bits per heavy atom. The van der Waals surface area contributed by atoms with Crippen LogP contribution < -0.4 is 0 Å².